The van der Waals surface area contributed by atoms with Crippen molar-refractivity contribution in [3.63, 3.8) is 0 Å². The van der Waals surface area contributed by atoms with Gasteiger partial charge in [0.2, 0.25) is 0 Å². The average Bonchev–Trinajstić information content (AvgIpc) is 2.33. The van der Waals surface area contributed by atoms with Crippen molar-refractivity contribution in [2.75, 3.05) is 26.2 Å². The van der Waals surface area contributed by atoms with Gasteiger partial charge in [-0.05, 0) is 22.0 Å². The molecule has 0 saturated carbocycles. The molecule has 1 heterocycles. The molecule has 6 heteroatoms. The molecule has 0 bridgehead atoms. The smallest absolute Gasteiger partial charge is 0.166 e. The Balaban J connectivity index is 2.24. The minimum atomic E-state index is -0.802. The second-order valence-electron chi connectivity index (χ2n) is 4.01. The van der Waals surface area contributed by atoms with Gasteiger partial charge in [0, 0.05) is 38.3 Å². The number of rotatable bonds is 2. The highest BCUT2D eigenvalue weighted by atomic mass is 79.9. The number of nitrogens with one attached hydrogen (secondary N) is 1. The summed E-state index contributed by atoms with van der Waals surface area (Å²) < 4.78 is 27.1. The zero-order chi connectivity index (χ0) is 12.4. The summed E-state index contributed by atoms with van der Waals surface area (Å²) in [6.45, 7) is 3.37. The molecule has 0 aromatic heterocycles. The summed E-state index contributed by atoms with van der Waals surface area (Å²) in [5.41, 5.74) is 0.0128. The Kier molecular flexibility index (Phi) is 3.96. The van der Waals surface area contributed by atoms with Crippen LogP contribution in [0.15, 0.2) is 10.5 Å². The fourth-order valence-electron chi connectivity index (χ4n) is 1.87. The first-order valence-corrected chi connectivity index (χ1v) is 6.17. The number of phenols is 1. The van der Waals surface area contributed by atoms with Crippen LogP contribution in [-0.4, -0.2) is 36.2 Å². The van der Waals surface area contributed by atoms with E-state index in [1.807, 2.05) is 4.90 Å². The van der Waals surface area contributed by atoms with E-state index in [2.05, 4.69) is 21.2 Å². The molecule has 94 valence electrons. The summed E-state index contributed by atoms with van der Waals surface area (Å²) in [6.07, 6.45) is 0. The minimum absolute atomic E-state index is 0.0128. The Morgan fingerprint density at radius 2 is 2.00 bits per heavy atom. The van der Waals surface area contributed by atoms with E-state index in [0.717, 1.165) is 32.2 Å². The fraction of sp³-hybridized carbons (Fsp3) is 0.455. The van der Waals surface area contributed by atoms with Crippen molar-refractivity contribution in [1.29, 1.82) is 0 Å². The third-order valence-corrected chi connectivity index (χ3v) is 3.41. The van der Waals surface area contributed by atoms with Crippen LogP contribution in [0.25, 0.3) is 0 Å². The first kappa shape index (κ1) is 12.7. The Morgan fingerprint density at radius 3 is 2.65 bits per heavy atom. The highest BCUT2D eigenvalue weighted by Gasteiger charge is 2.20. The van der Waals surface area contributed by atoms with E-state index in [1.54, 1.807) is 0 Å². The van der Waals surface area contributed by atoms with Crippen LogP contribution in [0.1, 0.15) is 5.56 Å². The number of benzene rings is 1. The van der Waals surface area contributed by atoms with Crippen molar-refractivity contribution in [3.8, 4) is 5.75 Å². The van der Waals surface area contributed by atoms with Crippen LogP contribution >= 0.6 is 15.9 Å². The lowest BCUT2D eigenvalue weighted by atomic mass is 10.1. The maximum Gasteiger partial charge on any atom is 0.166 e. The molecular weight excluding hydrogens is 294 g/mol. The molecule has 1 aromatic carbocycles. The summed E-state index contributed by atoms with van der Waals surface area (Å²) in [5.74, 6) is -1.99. The van der Waals surface area contributed by atoms with Gasteiger partial charge in [-0.1, -0.05) is 0 Å². The fourth-order valence-corrected chi connectivity index (χ4v) is 2.31. The van der Waals surface area contributed by atoms with Gasteiger partial charge >= 0.3 is 0 Å². The lowest BCUT2D eigenvalue weighted by molar-refractivity contribution is 0.226. The van der Waals surface area contributed by atoms with E-state index in [-0.39, 0.29) is 16.6 Å². The van der Waals surface area contributed by atoms with E-state index < -0.39 is 17.4 Å². The van der Waals surface area contributed by atoms with Crippen molar-refractivity contribution in [2.45, 2.75) is 6.54 Å². The normalized spacial score (nSPS) is 17.4. The van der Waals surface area contributed by atoms with Crippen LogP contribution in [0.5, 0.6) is 5.75 Å². The van der Waals surface area contributed by atoms with Crippen LogP contribution in [0.2, 0.25) is 0 Å². The molecule has 1 fully saturated rings. The number of nitrogens with zero attached hydrogens (tertiary/aromatic N) is 1. The molecule has 2 N–H and O–H groups in total. The summed E-state index contributed by atoms with van der Waals surface area (Å²) >= 11 is 2.94. The number of phenolic OH excluding ortho intramolecular Hbond substituents is 1. The molecule has 3 nitrogen and oxygen atoms in total. The molecule has 0 unspecified atom stereocenters. The lowest BCUT2D eigenvalue weighted by Gasteiger charge is -2.27. The van der Waals surface area contributed by atoms with Gasteiger partial charge in [-0.2, -0.15) is 0 Å². The lowest BCUT2D eigenvalue weighted by Crippen LogP contribution is -2.43. The van der Waals surface area contributed by atoms with Crippen LogP contribution in [-0.2, 0) is 6.54 Å². The predicted molar refractivity (Wildman–Crippen MR) is 63.9 cm³/mol. The molecule has 0 atom stereocenters. The van der Waals surface area contributed by atoms with Gasteiger partial charge in [0.05, 0.1) is 4.47 Å². The molecule has 0 spiro atoms. The average molecular weight is 307 g/mol. The van der Waals surface area contributed by atoms with Gasteiger partial charge in [0.1, 0.15) is 5.82 Å². The zero-order valence-corrected chi connectivity index (χ0v) is 10.7. The molecule has 1 aliphatic heterocycles. The number of piperazine rings is 1. The highest BCUT2D eigenvalue weighted by molar-refractivity contribution is 9.10. The number of halogens is 3. The molecule has 0 radical (unpaired) electrons. The van der Waals surface area contributed by atoms with Crippen molar-refractivity contribution in [2.24, 2.45) is 0 Å². The largest absolute Gasteiger partial charge is 0.505 e. The molecule has 17 heavy (non-hydrogen) atoms. The second kappa shape index (κ2) is 5.29. The van der Waals surface area contributed by atoms with Gasteiger partial charge in [-0.15, -0.1) is 0 Å². The summed E-state index contributed by atoms with van der Waals surface area (Å²) in [7, 11) is 0. The van der Waals surface area contributed by atoms with Crippen molar-refractivity contribution >= 4 is 15.9 Å². The van der Waals surface area contributed by atoms with Crippen LogP contribution in [0, 0.1) is 11.6 Å². The van der Waals surface area contributed by atoms with Crippen molar-refractivity contribution in [1.82, 2.24) is 10.2 Å². The summed E-state index contributed by atoms with van der Waals surface area (Å²) in [5, 5.41) is 12.7. The topological polar surface area (TPSA) is 35.5 Å². The second-order valence-corrected chi connectivity index (χ2v) is 4.86. The molecule has 1 aliphatic rings. The zero-order valence-electron chi connectivity index (χ0n) is 9.14. The maximum atomic E-state index is 13.8. The van der Waals surface area contributed by atoms with Crippen LogP contribution < -0.4 is 5.32 Å². The first-order valence-electron chi connectivity index (χ1n) is 5.38. The Labute approximate surface area is 107 Å². The van der Waals surface area contributed by atoms with Gasteiger partial charge in [0.25, 0.3) is 0 Å². The van der Waals surface area contributed by atoms with E-state index in [0.29, 0.717) is 0 Å². The Bertz CT molecular complexity index is 396. The molecular formula is C11H13BrF2N2O. The molecule has 0 amide bonds. The van der Waals surface area contributed by atoms with E-state index in [1.165, 1.54) is 0 Å². The quantitative estimate of drug-likeness (QED) is 0.819. The number of aromatic hydroxyl groups is 1. The molecule has 1 saturated heterocycles. The minimum Gasteiger partial charge on any atom is -0.505 e. The van der Waals surface area contributed by atoms with Gasteiger partial charge in [-0.3, -0.25) is 4.90 Å². The standard InChI is InChI=1S/C11H13BrF2N2O/c12-8-5-9(13)11(17)7(10(8)14)6-16-3-1-15-2-4-16/h5,15,17H,1-4,6H2. The predicted octanol–water partition coefficient (Wildman–Crippen LogP) is 1.84. The molecule has 0 aliphatic carbocycles. The monoisotopic (exact) mass is 306 g/mol. The summed E-state index contributed by atoms with van der Waals surface area (Å²) in [6, 6.07) is 0.936. The maximum absolute atomic E-state index is 13.8. The Morgan fingerprint density at radius 1 is 1.35 bits per heavy atom. The third-order valence-electron chi connectivity index (χ3n) is 2.83. The van der Waals surface area contributed by atoms with E-state index in [4.69, 9.17) is 0 Å². The number of hydrogen-bond acceptors (Lipinski definition) is 3. The Hall–Kier alpha value is -0.720. The van der Waals surface area contributed by atoms with Crippen LogP contribution in [0.4, 0.5) is 8.78 Å². The van der Waals surface area contributed by atoms with Gasteiger partial charge in [0.15, 0.2) is 11.6 Å². The van der Waals surface area contributed by atoms with E-state index >= 15 is 0 Å². The molecule has 2 rings (SSSR count). The summed E-state index contributed by atoms with van der Waals surface area (Å²) in [4.78, 5) is 1.97. The highest BCUT2D eigenvalue weighted by Crippen LogP contribution is 2.31. The molecule has 1 aromatic rings. The van der Waals surface area contributed by atoms with Crippen LogP contribution in [0.3, 0.4) is 0 Å². The van der Waals surface area contributed by atoms with E-state index in [9.17, 15) is 13.9 Å². The number of hydrogen-bond donors (Lipinski definition) is 2. The third kappa shape index (κ3) is 2.75. The SMILES string of the molecule is Oc1c(F)cc(Br)c(F)c1CN1CCNCC1. The van der Waals surface area contributed by atoms with Gasteiger partial charge in [-0.25, -0.2) is 8.78 Å². The first-order chi connectivity index (χ1) is 8.09. The van der Waals surface area contributed by atoms with Crippen molar-refractivity contribution in [3.05, 3.63) is 27.7 Å². The van der Waals surface area contributed by atoms with Crippen molar-refractivity contribution < 1.29 is 13.9 Å². The van der Waals surface area contributed by atoms with Gasteiger partial charge < -0.3 is 10.4 Å².